The van der Waals surface area contributed by atoms with E-state index in [4.69, 9.17) is 0 Å². The largest absolute Gasteiger partial charge is 0.384 e. The highest BCUT2D eigenvalue weighted by Gasteiger charge is 2.40. The number of anilines is 2. The SMILES string of the molecule is CCCNc1cc(NCC2(CC)CC2)ccn1. The Morgan fingerprint density at radius 3 is 2.76 bits per heavy atom. The maximum atomic E-state index is 4.31. The second kappa shape index (κ2) is 5.39. The number of nitrogens with one attached hydrogen (secondary N) is 2. The first-order valence-electron chi connectivity index (χ1n) is 6.72. The Hall–Kier alpha value is -1.25. The van der Waals surface area contributed by atoms with Crippen LogP contribution in [0.5, 0.6) is 0 Å². The Balaban J connectivity index is 1.87. The van der Waals surface area contributed by atoms with Gasteiger partial charge in [-0.2, -0.15) is 0 Å². The highest BCUT2D eigenvalue weighted by molar-refractivity contribution is 5.52. The second-order valence-electron chi connectivity index (χ2n) is 5.06. The van der Waals surface area contributed by atoms with Crippen LogP contribution < -0.4 is 10.6 Å². The van der Waals surface area contributed by atoms with Crippen molar-refractivity contribution in [2.45, 2.75) is 39.5 Å². The number of nitrogens with zero attached hydrogens (tertiary/aromatic N) is 1. The molecule has 0 aliphatic heterocycles. The Kier molecular flexibility index (Phi) is 3.87. The van der Waals surface area contributed by atoms with Crippen LogP contribution in [0.3, 0.4) is 0 Å². The van der Waals surface area contributed by atoms with Gasteiger partial charge in [-0.05, 0) is 37.2 Å². The smallest absolute Gasteiger partial charge is 0.127 e. The molecule has 1 fully saturated rings. The van der Waals surface area contributed by atoms with E-state index in [0.29, 0.717) is 5.41 Å². The molecule has 0 unspecified atom stereocenters. The minimum absolute atomic E-state index is 0.584. The number of pyridine rings is 1. The molecule has 94 valence electrons. The molecule has 1 aromatic heterocycles. The average molecular weight is 233 g/mol. The number of rotatable bonds is 7. The van der Waals surface area contributed by atoms with Gasteiger partial charge in [0, 0.05) is 31.0 Å². The third kappa shape index (κ3) is 3.35. The van der Waals surface area contributed by atoms with Crippen LogP contribution in [0.25, 0.3) is 0 Å². The molecule has 0 aromatic carbocycles. The molecule has 3 heteroatoms. The van der Waals surface area contributed by atoms with E-state index < -0.39 is 0 Å². The first kappa shape index (κ1) is 12.2. The van der Waals surface area contributed by atoms with Crippen molar-refractivity contribution < 1.29 is 0 Å². The monoisotopic (exact) mass is 233 g/mol. The van der Waals surface area contributed by atoms with E-state index in [-0.39, 0.29) is 0 Å². The highest BCUT2D eigenvalue weighted by Crippen LogP contribution is 2.48. The van der Waals surface area contributed by atoms with Gasteiger partial charge < -0.3 is 10.6 Å². The van der Waals surface area contributed by atoms with Crippen LogP contribution in [-0.4, -0.2) is 18.1 Å². The molecule has 1 aliphatic rings. The zero-order chi connectivity index (χ0) is 12.1. The van der Waals surface area contributed by atoms with E-state index in [2.05, 4.69) is 35.5 Å². The van der Waals surface area contributed by atoms with Gasteiger partial charge in [-0.15, -0.1) is 0 Å². The van der Waals surface area contributed by atoms with Crippen molar-refractivity contribution in [2.75, 3.05) is 23.7 Å². The van der Waals surface area contributed by atoms with Crippen LogP contribution in [0.2, 0.25) is 0 Å². The van der Waals surface area contributed by atoms with Crippen molar-refractivity contribution in [3.63, 3.8) is 0 Å². The van der Waals surface area contributed by atoms with E-state index in [1.807, 2.05) is 12.3 Å². The molecule has 17 heavy (non-hydrogen) atoms. The summed E-state index contributed by atoms with van der Waals surface area (Å²) in [5.41, 5.74) is 1.76. The maximum absolute atomic E-state index is 4.31. The first-order valence-corrected chi connectivity index (χ1v) is 6.72. The fraction of sp³-hybridized carbons (Fsp3) is 0.643. The molecule has 1 aliphatic carbocycles. The predicted octanol–water partition coefficient (Wildman–Crippen LogP) is 3.51. The lowest BCUT2D eigenvalue weighted by Crippen LogP contribution is -2.14. The topological polar surface area (TPSA) is 37.0 Å². The minimum atomic E-state index is 0.584. The molecular weight excluding hydrogens is 210 g/mol. The van der Waals surface area contributed by atoms with Crippen LogP contribution in [0.15, 0.2) is 18.3 Å². The summed E-state index contributed by atoms with van der Waals surface area (Å²) < 4.78 is 0. The van der Waals surface area contributed by atoms with Gasteiger partial charge in [0.25, 0.3) is 0 Å². The van der Waals surface area contributed by atoms with Gasteiger partial charge in [0.1, 0.15) is 5.82 Å². The maximum Gasteiger partial charge on any atom is 0.127 e. The zero-order valence-electron chi connectivity index (χ0n) is 10.9. The first-order chi connectivity index (χ1) is 8.28. The van der Waals surface area contributed by atoms with Gasteiger partial charge in [-0.25, -0.2) is 4.98 Å². The van der Waals surface area contributed by atoms with Gasteiger partial charge >= 0.3 is 0 Å². The van der Waals surface area contributed by atoms with Crippen LogP contribution >= 0.6 is 0 Å². The van der Waals surface area contributed by atoms with Crippen molar-refractivity contribution in [1.82, 2.24) is 4.98 Å². The fourth-order valence-electron chi connectivity index (χ4n) is 2.01. The third-order valence-corrected chi connectivity index (χ3v) is 3.69. The lowest BCUT2D eigenvalue weighted by molar-refractivity contribution is 0.521. The van der Waals surface area contributed by atoms with Crippen molar-refractivity contribution in [3.8, 4) is 0 Å². The van der Waals surface area contributed by atoms with Crippen molar-refractivity contribution in [3.05, 3.63) is 18.3 Å². The Bertz CT molecular complexity index is 358. The summed E-state index contributed by atoms with van der Waals surface area (Å²) in [6.45, 7) is 6.53. The molecule has 1 heterocycles. The second-order valence-corrected chi connectivity index (χ2v) is 5.06. The zero-order valence-corrected chi connectivity index (χ0v) is 10.9. The van der Waals surface area contributed by atoms with Crippen molar-refractivity contribution in [1.29, 1.82) is 0 Å². The van der Waals surface area contributed by atoms with E-state index in [0.717, 1.165) is 25.3 Å². The van der Waals surface area contributed by atoms with Crippen LogP contribution in [-0.2, 0) is 0 Å². The quantitative estimate of drug-likeness (QED) is 0.756. The molecule has 0 radical (unpaired) electrons. The molecule has 0 saturated heterocycles. The summed E-state index contributed by atoms with van der Waals surface area (Å²) in [4.78, 5) is 4.31. The van der Waals surface area contributed by atoms with Gasteiger partial charge in [0.05, 0.1) is 0 Å². The van der Waals surface area contributed by atoms with Crippen molar-refractivity contribution >= 4 is 11.5 Å². The molecule has 0 amide bonds. The van der Waals surface area contributed by atoms with Crippen LogP contribution in [0, 0.1) is 5.41 Å². The van der Waals surface area contributed by atoms with Crippen LogP contribution in [0.4, 0.5) is 11.5 Å². The lowest BCUT2D eigenvalue weighted by Gasteiger charge is -2.15. The third-order valence-electron chi connectivity index (χ3n) is 3.69. The summed E-state index contributed by atoms with van der Waals surface area (Å²) in [6.07, 6.45) is 7.03. The lowest BCUT2D eigenvalue weighted by atomic mass is 10.0. The van der Waals surface area contributed by atoms with E-state index >= 15 is 0 Å². The molecule has 1 aromatic rings. The highest BCUT2D eigenvalue weighted by atomic mass is 15.0. The summed E-state index contributed by atoms with van der Waals surface area (Å²) in [5.74, 6) is 0.971. The summed E-state index contributed by atoms with van der Waals surface area (Å²) in [5, 5.41) is 6.85. The van der Waals surface area contributed by atoms with Gasteiger partial charge in [0.15, 0.2) is 0 Å². The van der Waals surface area contributed by atoms with E-state index in [1.54, 1.807) is 0 Å². The standard InChI is InChI=1S/C14H23N3/c1-3-8-15-13-10-12(5-9-16-13)17-11-14(4-2)6-7-14/h5,9-10H,3-4,6-8,11H2,1-2H3,(H2,15,16,17). The fourth-order valence-corrected chi connectivity index (χ4v) is 2.01. The molecule has 0 atom stereocenters. The van der Waals surface area contributed by atoms with E-state index in [9.17, 15) is 0 Å². The Morgan fingerprint density at radius 2 is 2.12 bits per heavy atom. The summed E-state index contributed by atoms with van der Waals surface area (Å²) in [7, 11) is 0. The summed E-state index contributed by atoms with van der Waals surface area (Å²) in [6, 6.07) is 4.14. The summed E-state index contributed by atoms with van der Waals surface area (Å²) >= 11 is 0. The number of aromatic nitrogens is 1. The molecule has 3 nitrogen and oxygen atoms in total. The average Bonchev–Trinajstić information content (AvgIpc) is 3.15. The Morgan fingerprint density at radius 1 is 1.29 bits per heavy atom. The molecule has 1 saturated carbocycles. The Labute approximate surface area is 104 Å². The van der Waals surface area contributed by atoms with Crippen LogP contribution in [0.1, 0.15) is 39.5 Å². The van der Waals surface area contributed by atoms with Gasteiger partial charge in [0.2, 0.25) is 0 Å². The normalized spacial score (nSPS) is 16.6. The van der Waals surface area contributed by atoms with Gasteiger partial charge in [-0.1, -0.05) is 13.8 Å². The predicted molar refractivity (Wildman–Crippen MR) is 73.5 cm³/mol. The number of hydrogen-bond acceptors (Lipinski definition) is 3. The molecule has 0 spiro atoms. The van der Waals surface area contributed by atoms with Crippen molar-refractivity contribution in [2.24, 2.45) is 5.41 Å². The molecule has 2 N–H and O–H groups in total. The number of hydrogen-bond donors (Lipinski definition) is 2. The molecular formula is C14H23N3. The molecule has 2 rings (SSSR count). The van der Waals surface area contributed by atoms with E-state index in [1.165, 1.54) is 24.9 Å². The molecule has 0 bridgehead atoms. The van der Waals surface area contributed by atoms with Gasteiger partial charge in [-0.3, -0.25) is 0 Å². The minimum Gasteiger partial charge on any atom is -0.384 e.